The predicted octanol–water partition coefficient (Wildman–Crippen LogP) is 2.44. The van der Waals surface area contributed by atoms with Crippen molar-refractivity contribution in [1.29, 1.82) is 0 Å². The van der Waals surface area contributed by atoms with Gasteiger partial charge >= 0.3 is 0 Å². The Bertz CT molecular complexity index is 478. The molecule has 1 atom stereocenters. The Hall–Kier alpha value is -0.620. The first-order valence-electron chi connectivity index (χ1n) is 6.62. The Balaban J connectivity index is 1.87. The molecule has 2 rings (SSSR count). The Kier molecular flexibility index (Phi) is 5.84. The van der Waals surface area contributed by atoms with Crippen molar-refractivity contribution in [1.82, 2.24) is 10.2 Å². The Morgan fingerprint density at radius 3 is 2.85 bits per heavy atom. The van der Waals surface area contributed by atoms with E-state index in [1.165, 1.54) is 0 Å². The minimum absolute atomic E-state index is 0.124. The third-order valence-corrected chi connectivity index (χ3v) is 4.28. The van der Waals surface area contributed by atoms with Crippen LogP contribution >= 0.6 is 27.5 Å². The van der Waals surface area contributed by atoms with E-state index in [1.807, 2.05) is 30.0 Å². The highest BCUT2D eigenvalue weighted by atomic mass is 79.9. The summed E-state index contributed by atoms with van der Waals surface area (Å²) in [5.74, 6) is 0.124. The van der Waals surface area contributed by atoms with E-state index in [-0.39, 0.29) is 11.9 Å². The summed E-state index contributed by atoms with van der Waals surface area (Å²) in [4.78, 5) is 14.1. The highest BCUT2D eigenvalue weighted by Crippen LogP contribution is 2.21. The molecule has 0 aromatic heterocycles. The number of halogens is 2. The van der Waals surface area contributed by atoms with Crippen LogP contribution in [-0.2, 0) is 16.1 Å². The maximum Gasteiger partial charge on any atom is 0.239 e. The lowest BCUT2D eigenvalue weighted by molar-refractivity contribution is -0.137. The zero-order valence-electron chi connectivity index (χ0n) is 11.4. The molecule has 1 N–H and O–H groups in total. The van der Waals surface area contributed by atoms with Crippen LogP contribution < -0.4 is 5.32 Å². The summed E-state index contributed by atoms with van der Waals surface area (Å²) in [5.41, 5.74) is 1.08. The molecule has 1 amide bonds. The summed E-state index contributed by atoms with van der Waals surface area (Å²) < 4.78 is 6.20. The summed E-state index contributed by atoms with van der Waals surface area (Å²) in [7, 11) is 0. The number of carbonyl (C=O) groups is 1. The number of benzene rings is 1. The number of ether oxygens (including phenoxy) is 1. The first kappa shape index (κ1) is 15.8. The quantitative estimate of drug-likeness (QED) is 0.895. The average molecular weight is 362 g/mol. The van der Waals surface area contributed by atoms with E-state index in [4.69, 9.17) is 16.3 Å². The van der Waals surface area contributed by atoms with E-state index >= 15 is 0 Å². The number of morpholine rings is 1. The van der Waals surface area contributed by atoms with Crippen LogP contribution in [0.15, 0.2) is 22.7 Å². The number of carbonyl (C=O) groups excluding carboxylic acids is 1. The van der Waals surface area contributed by atoms with Gasteiger partial charge in [-0.05, 0) is 24.6 Å². The van der Waals surface area contributed by atoms with Gasteiger partial charge in [0.1, 0.15) is 0 Å². The minimum Gasteiger partial charge on any atom is -0.378 e. The maximum atomic E-state index is 12.2. The molecule has 1 unspecified atom stereocenters. The molecule has 1 aliphatic heterocycles. The van der Waals surface area contributed by atoms with Gasteiger partial charge in [-0.25, -0.2) is 0 Å². The van der Waals surface area contributed by atoms with Crippen molar-refractivity contribution in [3.05, 3.63) is 33.3 Å². The van der Waals surface area contributed by atoms with Gasteiger partial charge in [-0.3, -0.25) is 4.79 Å². The van der Waals surface area contributed by atoms with E-state index in [0.717, 1.165) is 10.0 Å². The number of amides is 1. The van der Waals surface area contributed by atoms with Crippen LogP contribution in [0.2, 0.25) is 5.02 Å². The Morgan fingerprint density at radius 1 is 1.50 bits per heavy atom. The largest absolute Gasteiger partial charge is 0.378 e. The van der Waals surface area contributed by atoms with Crippen LogP contribution in [0.4, 0.5) is 0 Å². The lowest BCUT2D eigenvalue weighted by Gasteiger charge is -2.29. The molecule has 0 radical (unpaired) electrons. The van der Waals surface area contributed by atoms with Crippen LogP contribution in [0.1, 0.15) is 12.5 Å². The Morgan fingerprint density at radius 2 is 2.20 bits per heavy atom. The van der Waals surface area contributed by atoms with E-state index in [9.17, 15) is 4.79 Å². The van der Waals surface area contributed by atoms with Crippen LogP contribution in [0.5, 0.6) is 0 Å². The topological polar surface area (TPSA) is 41.6 Å². The van der Waals surface area contributed by atoms with Crippen molar-refractivity contribution in [2.75, 3.05) is 26.3 Å². The second-order valence-corrected chi connectivity index (χ2v) is 6.07. The summed E-state index contributed by atoms with van der Waals surface area (Å²) in [5, 5.41) is 3.94. The smallest absolute Gasteiger partial charge is 0.239 e. The van der Waals surface area contributed by atoms with Gasteiger partial charge in [0.05, 0.1) is 19.3 Å². The molecule has 0 aliphatic carbocycles. The lowest BCUT2D eigenvalue weighted by Crippen LogP contribution is -2.49. The second-order valence-electron chi connectivity index (χ2n) is 4.78. The highest BCUT2D eigenvalue weighted by Gasteiger charge is 2.22. The Labute approximate surface area is 132 Å². The summed E-state index contributed by atoms with van der Waals surface area (Å²) in [6.07, 6.45) is 0. The molecular weight excluding hydrogens is 344 g/mol. The zero-order valence-corrected chi connectivity index (χ0v) is 13.7. The fraction of sp³-hybridized carbons (Fsp3) is 0.500. The summed E-state index contributed by atoms with van der Waals surface area (Å²) in [6, 6.07) is 5.44. The van der Waals surface area contributed by atoms with Crippen molar-refractivity contribution in [2.24, 2.45) is 0 Å². The van der Waals surface area contributed by atoms with Crippen LogP contribution in [0, 0.1) is 0 Å². The normalized spacial score (nSPS) is 17.1. The van der Waals surface area contributed by atoms with E-state index < -0.39 is 0 Å². The molecule has 1 aliphatic rings. The van der Waals surface area contributed by atoms with Crippen LogP contribution in [-0.4, -0.2) is 43.2 Å². The van der Waals surface area contributed by atoms with Gasteiger partial charge in [0, 0.05) is 29.1 Å². The third-order valence-electron chi connectivity index (χ3n) is 3.31. The number of nitrogens with zero attached hydrogens (tertiary/aromatic N) is 1. The number of hydrogen-bond donors (Lipinski definition) is 1. The molecule has 0 bridgehead atoms. The van der Waals surface area contributed by atoms with Crippen molar-refractivity contribution < 1.29 is 9.53 Å². The first-order chi connectivity index (χ1) is 9.58. The molecule has 1 fully saturated rings. The molecule has 1 saturated heterocycles. The van der Waals surface area contributed by atoms with Crippen molar-refractivity contribution in [3.8, 4) is 0 Å². The fourth-order valence-electron chi connectivity index (χ4n) is 2.07. The maximum absolute atomic E-state index is 12.2. The lowest BCUT2D eigenvalue weighted by atomic mass is 10.2. The molecule has 4 nitrogen and oxygen atoms in total. The number of rotatable bonds is 4. The molecule has 20 heavy (non-hydrogen) atoms. The van der Waals surface area contributed by atoms with E-state index in [0.29, 0.717) is 37.9 Å². The van der Waals surface area contributed by atoms with Gasteiger partial charge < -0.3 is 15.0 Å². The molecule has 6 heteroatoms. The second kappa shape index (κ2) is 7.41. The zero-order chi connectivity index (χ0) is 14.5. The van der Waals surface area contributed by atoms with Gasteiger partial charge in [-0.1, -0.05) is 33.6 Å². The van der Waals surface area contributed by atoms with Gasteiger partial charge in [0.25, 0.3) is 0 Å². The van der Waals surface area contributed by atoms with Gasteiger partial charge in [-0.15, -0.1) is 0 Å². The minimum atomic E-state index is -0.212. The van der Waals surface area contributed by atoms with E-state index in [1.54, 1.807) is 0 Å². The molecular formula is C14H18BrClN2O2. The monoisotopic (exact) mass is 360 g/mol. The third kappa shape index (κ3) is 4.19. The number of nitrogens with one attached hydrogen (secondary N) is 1. The van der Waals surface area contributed by atoms with Crippen LogP contribution in [0.3, 0.4) is 0 Å². The fourth-order valence-corrected chi connectivity index (χ4v) is 2.90. The van der Waals surface area contributed by atoms with Crippen molar-refractivity contribution in [2.45, 2.75) is 19.5 Å². The molecule has 1 aromatic carbocycles. The standard InChI is InChI=1S/C14H18BrClN2O2/c1-10(14(19)18-4-6-20-7-5-18)17-9-11-2-3-12(16)8-13(11)15/h2-3,8,10,17H,4-7,9H2,1H3. The molecule has 110 valence electrons. The first-order valence-corrected chi connectivity index (χ1v) is 7.79. The van der Waals surface area contributed by atoms with Gasteiger partial charge in [-0.2, -0.15) is 0 Å². The average Bonchev–Trinajstić information content (AvgIpc) is 2.46. The number of hydrogen-bond acceptors (Lipinski definition) is 3. The van der Waals surface area contributed by atoms with E-state index in [2.05, 4.69) is 21.2 Å². The SMILES string of the molecule is CC(NCc1ccc(Cl)cc1Br)C(=O)N1CCOCC1. The molecule has 1 aromatic rings. The highest BCUT2D eigenvalue weighted by molar-refractivity contribution is 9.10. The van der Waals surface area contributed by atoms with Crippen molar-refractivity contribution >= 4 is 33.4 Å². The summed E-state index contributed by atoms with van der Waals surface area (Å²) >= 11 is 9.38. The van der Waals surface area contributed by atoms with Gasteiger partial charge in [0.15, 0.2) is 0 Å². The van der Waals surface area contributed by atoms with Gasteiger partial charge in [0.2, 0.25) is 5.91 Å². The summed E-state index contributed by atoms with van der Waals surface area (Å²) in [6.45, 7) is 5.12. The molecule has 0 spiro atoms. The molecule has 0 saturated carbocycles. The van der Waals surface area contributed by atoms with Crippen molar-refractivity contribution in [3.63, 3.8) is 0 Å². The molecule has 1 heterocycles. The predicted molar refractivity (Wildman–Crippen MR) is 82.9 cm³/mol. The van der Waals surface area contributed by atoms with Crippen LogP contribution in [0.25, 0.3) is 0 Å².